The topological polar surface area (TPSA) is 69.9 Å². The van der Waals surface area contributed by atoms with Gasteiger partial charge in [-0.05, 0) is 12.1 Å². The average molecular weight is 232 g/mol. The number of pyridine rings is 1. The van der Waals surface area contributed by atoms with Crippen molar-refractivity contribution in [2.75, 3.05) is 7.11 Å². The molecule has 0 amide bonds. The normalized spacial score (nSPS) is 10.2. The van der Waals surface area contributed by atoms with Crippen molar-refractivity contribution < 1.29 is 9.53 Å². The van der Waals surface area contributed by atoms with E-state index in [0.717, 1.165) is 12.1 Å². The van der Waals surface area contributed by atoms with Crippen LogP contribution in [-0.4, -0.2) is 32.8 Å². The minimum Gasteiger partial charge on any atom is -0.463 e. The second-order valence-corrected chi connectivity index (χ2v) is 3.39. The summed E-state index contributed by atoms with van der Waals surface area (Å²) in [6.07, 6.45) is 4.00. The molecular formula is C11H12N4O2. The summed E-state index contributed by atoms with van der Waals surface area (Å²) in [7, 11) is 1.30. The molecule has 0 atom stereocenters. The molecule has 0 aliphatic carbocycles. The Bertz CT molecular complexity index is 495. The highest BCUT2D eigenvalue weighted by Gasteiger charge is 2.10. The van der Waals surface area contributed by atoms with Crippen molar-refractivity contribution in [3.8, 4) is 0 Å². The van der Waals surface area contributed by atoms with Crippen LogP contribution in [0.4, 0.5) is 0 Å². The smallest absolute Gasteiger partial charge is 0.377 e. The molecule has 0 radical (unpaired) electrons. The first-order valence-electron chi connectivity index (χ1n) is 5.17. The summed E-state index contributed by atoms with van der Waals surface area (Å²) in [6.45, 7) is 0.626. The van der Waals surface area contributed by atoms with Crippen LogP contribution in [0.3, 0.4) is 0 Å². The first kappa shape index (κ1) is 11.3. The number of carbonyl (C=O) groups is 1. The molecule has 2 aromatic heterocycles. The maximum Gasteiger partial charge on any atom is 0.377 e. The Hall–Kier alpha value is -2.24. The number of ether oxygens (including phenoxy) is 1. The monoisotopic (exact) mass is 232 g/mol. The second kappa shape index (κ2) is 5.20. The molecule has 88 valence electrons. The molecule has 0 aliphatic heterocycles. The van der Waals surface area contributed by atoms with Crippen molar-refractivity contribution in [3.05, 3.63) is 42.2 Å². The number of nitrogens with zero attached hydrogens (tertiary/aromatic N) is 4. The van der Waals surface area contributed by atoms with Gasteiger partial charge in [-0.1, -0.05) is 6.07 Å². The number of rotatable bonds is 4. The maximum atomic E-state index is 11.1. The molecule has 6 heteroatoms. The minimum atomic E-state index is -0.526. The van der Waals surface area contributed by atoms with Gasteiger partial charge in [0.15, 0.2) is 0 Å². The predicted molar refractivity (Wildman–Crippen MR) is 59.3 cm³/mol. The number of aryl methyl sites for hydroxylation is 2. The van der Waals surface area contributed by atoms with Crippen LogP contribution in [0.5, 0.6) is 0 Å². The molecule has 6 nitrogen and oxygen atoms in total. The molecule has 0 bridgehead atoms. The van der Waals surface area contributed by atoms with E-state index in [1.807, 2.05) is 18.2 Å². The maximum absolute atomic E-state index is 11.1. The Morgan fingerprint density at radius 1 is 1.41 bits per heavy atom. The lowest BCUT2D eigenvalue weighted by atomic mass is 10.3. The van der Waals surface area contributed by atoms with E-state index in [-0.39, 0.29) is 5.82 Å². The zero-order valence-electron chi connectivity index (χ0n) is 9.41. The number of aromatic nitrogens is 4. The lowest BCUT2D eigenvalue weighted by Crippen LogP contribution is -2.07. The number of methoxy groups -OCH3 is 1. The quantitative estimate of drug-likeness (QED) is 0.726. The largest absolute Gasteiger partial charge is 0.463 e. The van der Waals surface area contributed by atoms with Crippen molar-refractivity contribution in [2.45, 2.75) is 13.0 Å². The Morgan fingerprint density at radius 2 is 2.29 bits per heavy atom. The van der Waals surface area contributed by atoms with Crippen LogP contribution in [0.25, 0.3) is 0 Å². The Labute approximate surface area is 98.3 Å². The molecule has 0 saturated carbocycles. The molecule has 2 rings (SSSR count). The number of carbonyl (C=O) groups excluding carboxylic acids is 1. The fraction of sp³-hybridized carbons (Fsp3) is 0.273. The zero-order chi connectivity index (χ0) is 12.1. The number of hydrogen-bond donors (Lipinski definition) is 0. The van der Waals surface area contributed by atoms with Gasteiger partial charge in [-0.15, -0.1) is 5.10 Å². The summed E-state index contributed by atoms with van der Waals surface area (Å²) < 4.78 is 6.12. The van der Waals surface area contributed by atoms with Crippen LogP contribution in [0.1, 0.15) is 16.3 Å². The van der Waals surface area contributed by atoms with E-state index in [9.17, 15) is 4.79 Å². The summed E-state index contributed by atoms with van der Waals surface area (Å²) >= 11 is 0. The van der Waals surface area contributed by atoms with Crippen molar-refractivity contribution in [2.24, 2.45) is 0 Å². The van der Waals surface area contributed by atoms with Gasteiger partial charge in [0.05, 0.1) is 7.11 Å². The molecule has 17 heavy (non-hydrogen) atoms. The molecule has 0 N–H and O–H groups in total. The van der Waals surface area contributed by atoms with E-state index >= 15 is 0 Å². The molecule has 2 aromatic rings. The summed E-state index contributed by atoms with van der Waals surface area (Å²) in [5.41, 5.74) is 0.975. The third kappa shape index (κ3) is 2.87. The summed E-state index contributed by atoms with van der Waals surface area (Å²) in [5.74, 6) is -0.449. The average Bonchev–Trinajstić information content (AvgIpc) is 2.85. The standard InChI is InChI=1S/C11H12N4O2/c1-17-11(16)10-13-8-15(14-10)7-5-9-4-2-3-6-12-9/h2-4,6,8H,5,7H2,1H3. The van der Waals surface area contributed by atoms with Gasteiger partial charge in [0.25, 0.3) is 5.82 Å². The highest BCUT2D eigenvalue weighted by atomic mass is 16.5. The van der Waals surface area contributed by atoms with Gasteiger partial charge in [0.2, 0.25) is 0 Å². The fourth-order valence-corrected chi connectivity index (χ4v) is 1.36. The SMILES string of the molecule is COC(=O)c1ncn(CCc2ccccn2)n1. The molecule has 0 saturated heterocycles. The van der Waals surface area contributed by atoms with Gasteiger partial charge in [0.1, 0.15) is 6.33 Å². The highest BCUT2D eigenvalue weighted by molar-refractivity contribution is 5.84. The van der Waals surface area contributed by atoms with E-state index in [2.05, 4.69) is 19.8 Å². The van der Waals surface area contributed by atoms with Gasteiger partial charge in [-0.25, -0.2) is 9.78 Å². The summed E-state index contributed by atoms with van der Waals surface area (Å²) in [4.78, 5) is 19.2. The Kier molecular flexibility index (Phi) is 3.44. The molecular weight excluding hydrogens is 220 g/mol. The van der Waals surface area contributed by atoms with Crippen LogP contribution >= 0.6 is 0 Å². The molecule has 2 heterocycles. The van der Waals surface area contributed by atoms with Crippen molar-refractivity contribution >= 4 is 5.97 Å². The van der Waals surface area contributed by atoms with E-state index in [0.29, 0.717) is 6.54 Å². The van der Waals surface area contributed by atoms with E-state index in [1.165, 1.54) is 13.4 Å². The van der Waals surface area contributed by atoms with E-state index in [4.69, 9.17) is 0 Å². The van der Waals surface area contributed by atoms with Crippen LogP contribution in [-0.2, 0) is 17.7 Å². The van der Waals surface area contributed by atoms with Crippen LogP contribution in [0, 0.1) is 0 Å². The van der Waals surface area contributed by atoms with Crippen LogP contribution < -0.4 is 0 Å². The van der Waals surface area contributed by atoms with Gasteiger partial charge in [-0.3, -0.25) is 9.67 Å². The third-order valence-electron chi connectivity index (χ3n) is 2.23. The minimum absolute atomic E-state index is 0.0773. The van der Waals surface area contributed by atoms with Gasteiger partial charge in [-0.2, -0.15) is 0 Å². The van der Waals surface area contributed by atoms with Crippen molar-refractivity contribution in [1.82, 2.24) is 19.7 Å². The third-order valence-corrected chi connectivity index (χ3v) is 2.23. The molecule has 0 aromatic carbocycles. The summed E-state index contributed by atoms with van der Waals surface area (Å²) in [5, 5.41) is 4.00. The lowest BCUT2D eigenvalue weighted by Gasteiger charge is -1.99. The van der Waals surface area contributed by atoms with Gasteiger partial charge < -0.3 is 4.74 Å². The molecule has 0 unspecified atom stereocenters. The van der Waals surface area contributed by atoms with E-state index in [1.54, 1.807) is 10.9 Å². The lowest BCUT2D eigenvalue weighted by molar-refractivity contribution is 0.0586. The first-order chi connectivity index (χ1) is 8.29. The zero-order valence-corrected chi connectivity index (χ0v) is 9.41. The van der Waals surface area contributed by atoms with Crippen molar-refractivity contribution in [1.29, 1.82) is 0 Å². The fourth-order valence-electron chi connectivity index (χ4n) is 1.36. The summed E-state index contributed by atoms with van der Waals surface area (Å²) in [6, 6.07) is 5.75. The van der Waals surface area contributed by atoms with Crippen LogP contribution in [0.2, 0.25) is 0 Å². The van der Waals surface area contributed by atoms with Crippen LogP contribution in [0.15, 0.2) is 30.7 Å². The predicted octanol–water partition coefficient (Wildman–Crippen LogP) is 0.702. The number of esters is 1. The Morgan fingerprint density at radius 3 is 3.00 bits per heavy atom. The van der Waals surface area contributed by atoms with Gasteiger partial charge in [0, 0.05) is 24.9 Å². The molecule has 0 fully saturated rings. The van der Waals surface area contributed by atoms with Crippen molar-refractivity contribution in [3.63, 3.8) is 0 Å². The van der Waals surface area contributed by atoms with Gasteiger partial charge >= 0.3 is 5.97 Å². The highest BCUT2D eigenvalue weighted by Crippen LogP contribution is 1.98. The number of hydrogen-bond acceptors (Lipinski definition) is 5. The molecule has 0 aliphatic rings. The second-order valence-electron chi connectivity index (χ2n) is 3.39. The molecule has 0 spiro atoms. The Balaban J connectivity index is 1.96. The van der Waals surface area contributed by atoms with E-state index < -0.39 is 5.97 Å². The first-order valence-corrected chi connectivity index (χ1v) is 5.17.